The maximum absolute atomic E-state index is 12.4. The van der Waals surface area contributed by atoms with Crippen molar-refractivity contribution in [2.45, 2.75) is 17.4 Å². The van der Waals surface area contributed by atoms with Gasteiger partial charge in [0, 0.05) is 30.6 Å². The first kappa shape index (κ1) is 25.3. The topological polar surface area (TPSA) is 211 Å². The summed E-state index contributed by atoms with van der Waals surface area (Å²) in [6.45, 7) is -0.588. The van der Waals surface area contributed by atoms with Crippen LogP contribution in [0.3, 0.4) is 0 Å². The summed E-state index contributed by atoms with van der Waals surface area (Å²) in [5.41, 5.74) is 11.2. The summed E-state index contributed by atoms with van der Waals surface area (Å²) in [5, 5.41) is 14.1. The number of carboxylic acid groups (broad SMARTS) is 1. The normalized spacial score (nSPS) is 11.9. The fraction of sp³-hybridized carbons (Fsp3) is 0.200. The Hall–Kier alpha value is -3.97. The van der Waals surface area contributed by atoms with Gasteiger partial charge in [-0.2, -0.15) is 4.72 Å². The summed E-state index contributed by atoms with van der Waals surface area (Å²) >= 11 is 0. The maximum Gasteiger partial charge on any atom is 0.323 e. The number of carbonyl (C=O) groups excluding carboxylic acids is 3. The Morgan fingerprint density at radius 2 is 1.55 bits per heavy atom. The monoisotopic (exact) mass is 477 g/mol. The molecule has 0 bridgehead atoms. The average Bonchev–Trinajstić information content (AvgIpc) is 2.76. The fourth-order valence-electron chi connectivity index (χ4n) is 2.64. The van der Waals surface area contributed by atoms with Crippen molar-refractivity contribution in [2.75, 3.05) is 18.8 Å². The second-order valence-electron chi connectivity index (χ2n) is 6.80. The van der Waals surface area contributed by atoms with Crippen LogP contribution >= 0.6 is 0 Å². The Bertz CT molecular complexity index is 1150. The molecule has 13 heteroatoms. The van der Waals surface area contributed by atoms with Crippen molar-refractivity contribution in [3.8, 4) is 0 Å². The molecule has 2 aromatic rings. The smallest absolute Gasteiger partial charge is 0.323 e. The lowest BCUT2D eigenvalue weighted by Crippen LogP contribution is -2.48. The highest BCUT2D eigenvalue weighted by Gasteiger charge is 2.27. The van der Waals surface area contributed by atoms with Gasteiger partial charge in [-0.1, -0.05) is 12.1 Å². The van der Waals surface area contributed by atoms with E-state index in [-0.39, 0.29) is 34.7 Å². The molecule has 0 aliphatic carbocycles. The highest BCUT2D eigenvalue weighted by molar-refractivity contribution is 7.89. The van der Waals surface area contributed by atoms with E-state index < -0.39 is 46.3 Å². The fourth-order valence-corrected chi connectivity index (χ4v) is 3.96. The van der Waals surface area contributed by atoms with Crippen LogP contribution in [0.5, 0.6) is 0 Å². The number of para-hydroxylation sites is 1. The molecule has 3 amide bonds. The van der Waals surface area contributed by atoms with Gasteiger partial charge in [0.2, 0.25) is 21.8 Å². The number of hydrogen-bond donors (Lipinski definition) is 6. The molecule has 2 aromatic carbocycles. The molecular formula is C20H23N5O7S. The summed E-state index contributed by atoms with van der Waals surface area (Å²) in [4.78, 5) is 46.2. The molecule has 12 nitrogen and oxygen atoms in total. The Labute approximate surface area is 189 Å². The van der Waals surface area contributed by atoms with Gasteiger partial charge in [-0.05, 0) is 36.4 Å². The number of rotatable bonds is 11. The Balaban J connectivity index is 1.85. The highest BCUT2D eigenvalue weighted by atomic mass is 32.2. The van der Waals surface area contributed by atoms with Gasteiger partial charge in [0.25, 0.3) is 5.91 Å². The number of carboxylic acids is 1. The quantitative estimate of drug-likeness (QED) is 0.221. The van der Waals surface area contributed by atoms with E-state index in [1.165, 1.54) is 48.5 Å². The number of nitrogens with one attached hydrogen (secondary N) is 3. The van der Waals surface area contributed by atoms with Gasteiger partial charge >= 0.3 is 5.97 Å². The summed E-state index contributed by atoms with van der Waals surface area (Å²) < 4.78 is 26.8. The first-order chi connectivity index (χ1) is 15.5. The molecule has 33 heavy (non-hydrogen) atoms. The van der Waals surface area contributed by atoms with Gasteiger partial charge in [0.05, 0.1) is 5.69 Å². The molecule has 0 unspecified atom stereocenters. The first-order valence-corrected chi connectivity index (χ1v) is 11.0. The Kier molecular flexibility index (Phi) is 8.48. The molecule has 0 heterocycles. The SMILES string of the molecule is NC(=O)c1ccc(C(=O)NCCC(=O)NC[C@H](NS(=O)(=O)c2ccccc2N)C(=O)O)cc1. The van der Waals surface area contributed by atoms with Crippen molar-refractivity contribution in [2.24, 2.45) is 5.73 Å². The molecule has 0 radical (unpaired) electrons. The molecule has 2 rings (SSSR count). The summed E-state index contributed by atoms with van der Waals surface area (Å²) in [6.07, 6.45) is -0.185. The van der Waals surface area contributed by atoms with Crippen LogP contribution in [0.2, 0.25) is 0 Å². The molecule has 0 saturated heterocycles. The van der Waals surface area contributed by atoms with Crippen molar-refractivity contribution >= 4 is 39.4 Å². The molecule has 0 aliphatic rings. The molecule has 1 atom stereocenters. The van der Waals surface area contributed by atoms with Gasteiger partial charge in [0.15, 0.2) is 0 Å². The van der Waals surface area contributed by atoms with E-state index in [4.69, 9.17) is 11.5 Å². The van der Waals surface area contributed by atoms with Gasteiger partial charge in [0.1, 0.15) is 10.9 Å². The van der Waals surface area contributed by atoms with Crippen LogP contribution in [0.4, 0.5) is 5.69 Å². The molecule has 0 spiro atoms. The van der Waals surface area contributed by atoms with E-state index >= 15 is 0 Å². The number of hydrogen-bond acceptors (Lipinski definition) is 7. The van der Waals surface area contributed by atoms with Crippen LogP contribution in [-0.2, 0) is 19.6 Å². The first-order valence-electron chi connectivity index (χ1n) is 9.55. The number of anilines is 1. The number of nitrogens with two attached hydrogens (primary N) is 2. The van der Waals surface area contributed by atoms with Gasteiger partial charge in [-0.3, -0.25) is 19.2 Å². The number of primary amides is 1. The zero-order valence-electron chi connectivity index (χ0n) is 17.3. The van der Waals surface area contributed by atoms with Crippen molar-refractivity contribution in [3.63, 3.8) is 0 Å². The number of amides is 3. The van der Waals surface area contributed by atoms with Crippen molar-refractivity contribution in [3.05, 3.63) is 59.7 Å². The van der Waals surface area contributed by atoms with Crippen LogP contribution < -0.4 is 26.8 Å². The van der Waals surface area contributed by atoms with Crippen LogP contribution in [0, 0.1) is 0 Å². The highest BCUT2D eigenvalue weighted by Crippen LogP contribution is 2.17. The average molecular weight is 477 g/mol. The molecule has 0 aromatic heterocycles. The molecular weight excluding hydrogens is 454 g/mol. The number of benzene rings is 2. The van der Waals surface area contributed by atoms with Crippen molar-refractivity contribution in [1.29, 1.82) is 0 Å². The third kappa shape index (κ3) is 7.29. The van der Waals surface area contributed by atoms with E-state index in [0.29, 0.717) is 0 Å². The van der Waals surface area contributed by atoms with Gasteiger partial charge in [-0.15, -0.1) is 0 Å². The lowest BCUT2D eigenvalue weighted by Gasteiger charge is -2.16. The number of sulfonamides is 1. The molecule has 0 saturated carbocycles. The minimum atomic E-state index is -4.24. The molecule has 176 valence electrons. The molecule has 8 N–H and O–H groups in total. The van der Waals surface area contributed by atoms with E-state index in [9.17, 15) is 32.7 Å². The number of carbonyl (C=O) groups is 4. The molecule has 0 fully saturated rings. The van der Waals surface area contributed by atoms with Crippen LogP contribution in [-0.4, -0.2) is 56.3 Å². The second kappa shape index (κ2) is 11.1. The molecule has 0 aliphatic heterocycles. The minimum absolute atomic E-state index is 0.0572. The number of aliphatic carboxylic acids is 1. The van der Waals surface area contributed by atoms with Gasteiger partial charge in [-0.25, -0.2) is 8.42 Å². The van der Waals surface area contributed by atoms with Crippen LogP contribution in [0.1, 0.15) is 27.1 Å². The van der Waals surface area contributed by atoms with Gasteiger partial charge < -0.3 is 27.2 Å². The lowest BCUT2D eigenvalue weighted by molar-refractivity contribution is -0.138. The zero-order chi connectivity index (χ0) is 24.6. The summed E-state index contributed by atoms with van der Waals surface area (Å²) in [5.74, 6) is -3.23. The predicted molar refractivity (Wildman–Crippen MR) is 118 cm³/mol. The predicted octanol–water partition coefficient (Wildman–Crippen LogP) is -0.964. The number of nitrogen functional groups attached to an aromatic ring is 1. The van der Waals surface area contributed by atoms with Crippen LogP contribution in [0.15, 0.2) is 53.4 Å². The lowest BCUT2D eigenvalue weighted by atomic mass is 10.1. The minimum Gasteiger partial charge on any atom is -0.480 e. The third-order valence-corrected chi connectivity index (χ3v) is 5.92. The van der Waals surface area contributed by atoms with E-state index in [0.717, 1.165) is 0 Å². The van der Waals surface area contributed by atoms with E-state index in [1.54, 1.807) is 0 Å². The van der Waals surface area contributed by atoms with Crippen molar-refractivity contribution < 1.29 is 32.7 Å². The standard InChI is InChI=1S/C20H23N5O7S/c21-14-3-1-2-4-16(14)33(31,32)25-15(20(29)30)11-24-17(26)9-10-23-19(28)13-7-5-12(6-8-13)18(22)27/h1-8,15,25H,9-11,21H2,(H2,22,27)(H,23,28)(H,24,26)(H,29,30)/t15-/m0/s1. The Morgan fingerprint density at radius 3 is 2.12 bits per heavy atom. The largest absolute Gasteiger partial charge is 0.480 e. The van der Waals surface area contributed by atoms with E-state index in [1.807, 2.05) is 4.72 Å². The maximum atomic E-state index is 12.4. The zero-order valence-corrected chi connectivity index (χ0v) is 18.1. The summed E-state index contributed by atoms with van der Waals surface area (Å²) in [6, 6.07) is 9.47. The second-order valence-corrected chi connectivity index (χ2v) is 8.48. The van der Waals surface area contributed by atoms with Crippen LogP contribution in [0.25, 0.3) is 0 Å². The van der Waals surface area contributed by atoms with Crippen molar-refractivity contribution in [1.82, 2.24) is 15.4 Å². The summed E-state index contributed by atoms with van der Waals surface area (Å²) in [7, 11) is -4.24. The third-order valence-electron chi connectivity index (χ3n) is 4.38. The Morgan fingerprint density at radius 1 is 0.939 bits per heavy atom. The van der Waals surface area contributed by atoms with E-state index in [2.05, 4.69) is 10.6 Å².